The first-order valence-electron chi connectivity index (χ1n) is 10.4. The Balaban J connectivity index is 1.62. The Bertz CT molecular complexity index is 1020. The molecule has 0 atom stereocenters. The number of benzene rings is 2. The Hall–Kier alpha value is -3.36. The standard InChI is InChI=1S/C24H29N5O2S/c1-28(2)12-13-29(24(31)26-14-18-6-4-3-5-7-18)15-19-8-10-20(11-9-19)23(30)27-22-17-32-16-21(22)25/h3-11,16-17H,12-15,25H2,1-2H3,(H,26,31)(H,27,30). The zero-order valence-electron chi connectivity index (χ0n) is 18.4. The molecule has 0 unspecified atom stereocenters. The van der Waals surface area contributed by atoms with Gasteiger partial charge in [-0.25, -0.2) is 4.79 Å². The van der Waals surface area contributed by atoms with Gasteiger partial charge in [-0.15, -0.1) is 11.3 Å². The molecule has 0 fully saturated rings. The molecule has 4 N–H and O–H groups in total. The lowest BCUT2D eigenvalue weighted by molar-refractivity contribution is 0.102. The number of thiophene rings is 1. The molecule has 8 heteroatoms. The molecule has 0 radical (unpaired) electrons. The first-order chi connectivity index (χ1) is 15.4. The van der Waals surface area contributed by atoms with Gasteiger partial charge in [0.05, 0.1) is 11.4 Å². The molecular weight excluding hydrogens is 422 g/mol. The maximum absolute atomic E-state index is 12.8. The quantitative estimate of drug-likeness (QED) is 0.461. The highest BCUT2D eigenvalue weighted by Crippen LogP contribution is 2.23. The second-order valence-corrected chi connectivity index (χ2v) is 8.50. The van der Waals surface area contributed by atoms with E-state index in [-0.39, 0.29) is 11.9 Å². The second-order valence-electron chi connectivity index (χ2n) is 7.76. The van der Waals surface area contributed by atoms with Crippen LogP contribution in [0.3, 0.4) is 0 Å². The largest absolute Gasteiger partial charge is 0.396 e. The molecule has 0 saturated carbocycles. The number of hydrogen-bond donors (Lipinski definition) is 3. The van der Waals surface area contributed by atoms with Crippen molar-refractivity contribution in [2.75, 3.05) is 38.2 Å². The number of nitrogen functional groups attached to an aromatic ring is 1. The van der Waals surface area contributed by atoms with E-state index in [1.54, 1.807) is 27.8 Å². The van der Waals surface area contributed by atoms with Gasteiger partial charge in [0.25, 0.3) is 5.91 Å². The van der Waals surface area contributed by atoms with Crippen LogP contribution in [0.1, 0.15) is 21.5 Å². The molecule has 3 aromatic rings. The van der Waals surface area contributed by atoms with Crippen molar-refractivity contribution in [3.05, 3.63) is 82.0 Å². The van der Waals surface area contributed by atoms with E-state index in [0.29, 0.717) is 36.6 Å². The van der Waals surface area contributed by atoms with Crippen LogP contribution < -0.4 is 16.4 Å². The lowest BCUT2D eigenvalue weighted by Gasteiger charge is -2.25. The molecule has 3 amide bonds. The molecule has 0 spiro atoms. The Morgan fingerprint density at radius 1 is 0.938 bits per heavy atom. The van der Waals surface area contributed by atoms with Crippen LogP contribution in [0.15, 0.2) is 65.4 Å². The highest BCUT2D eigenvalue weighted by Gasteiger charge is 2.15. The third-order valence-corrected chi connectivity index (χ3v) is 5.68. The van der Waals surface area contributed by atoms with Gasteiger partial charge >= 0.3 is 6.03 Å². The number of amides is 3. The third kappa shape index (κ3) is 6.83. The van der Waals surface area contributed by atoms with Gasteiger partial charge in [-0.1, -0.05) is 42.5 Å². The molecule has 0 bridgehead atoms. The van der Waals surface area contributed by atoms with Crippen LogP contribution in [0.4, 0.5) is 16.2 Å². The number of hydrogen-bond acceptors (Lipinski definition) is 5. The van der Waals surface area contributed by atoms with E-state index < -0.39 is 0 Å². The van der Waals surface area contributed by atoms with Gasteiger partial charge in [-0.2, -0.15) is 0 Å². The van der Waals surface area contributed by atoms with Crippen LogP contribution in [-0.4, -0.2) is 48.9 Å². The van der Waals surface area contributed by atoms with Gasteiger partial charge in [0.1, 0.15) is 0 Å². The summed E-state index contributed by atoms with van der Waals surface area (Å²) >= 11 is 1.44. The number of nitrogens with one attached hydrogen (secondary N) is 2. The van der Waals surface area contributed by atoms with Crippen molar-refractivity contribution in [2.24, 2.45) is 0 Å². The Labute approximate surface area is 192 Å². The number of carbonyl (C=O) groups is 2. The summed E-state index contributed by atoms with van der Waals surface area (Å²) in [5, 5.41) is 9.40. The van der Waals surface area contributed by atoms with Crippen LogP contribution in [0, 0.1) is 0 Å². The minimum atomic E-state index is -0.216. The van der Waals surface area contributed by atoms with Gasteiger partial charge in [0.2, 0.25) is 0 Å². The van der Waals surface area contributed by atoms with Gasteiger partial charge in [-0.05, 0) is 37.4 Å². The van der Waals surface area contributed by atoms with E-state index in [1.165, 1.54) is 11.3 Å². The summed E-state index contributed by atoms with van der Waals surface area (Å²) < 4.78 is 0. The highest BCUT2D eigenvalue weighted by atomic mass is 32.1. The van der Waals surface area contributed by atoms with E-state index in [0.717, 1.165) is 17.7 Å². The zero-order chi connectivity index (χ0) is 22.9. The topological polar surface area (TPSA) is 90.7 Å². The normalized spacial score (nSPS) is 10.7. The predicted molar refractivity (Wildman–Crippen MR) is 131 cm³/mol. The number of anilines is 2. The lowest BCUT2D eigenvalue weighted by atomic mass is 10.1. The van der Waals surface area contributed by atoms with Crippen molar-refractivity contribution < 1.29 is 9.59 Å². The van der Waals surface area contributed by atoms with Gasteiger partial charge < -0.3 is 26.2 Å². The smallest absolute Gasteiger partial charge is 0.318 e. The minimum Gasteiger partial charge on any atom is -0.396 e. The molecule has 7 nitrogen and oxygen atoms in total. The minimum absolute atomic E-state index is 0.120. The Kier molecular flexibility index (Phi) is 8.24. The number of carbonyl (C=O) groups excluding carboxylic acids is 2. The molecule has 1 aromatic heterocycles. The van der Waals surface area contributed by atoms with Crippen LogP contribution in [0.2, 0.25) is 0 Å². The fourth-order valence-electron chi connectivity index (χ4n) is 3.04. The fourth-order valence-corrected chi connectivity index (χ4v) is 3.72. The van der Waals surface area contributed by atoms with Crippen molar-refractivity contribution in [3.8, 4) is 0 Å². The number of urea groups is 1. The lowest BCUT2D eigenvalue weighted by Crippen LogP contribution is -2.42. The van der Waals surface area contributed by atoms with Crippen LogP contribution in [0.5, 0.6) is 0 Å². The number of likely N-dealkylation sites (N-methyl/N-ethyl adjacent to an activating group) is 1. The molecule has 32 heavy (non-hydrogen) atoms. The third-order valence-electron chi connectivity index (χ3n) is 4.92. The molecule has 3 rings (SSSR count). The SMILES string of the molecule is CN(C)CCN(Cc1ccc(C(=O)Nc2cscc2N)cc1)C(=O)NCc1ccccc1. The average molecular weight is 452 g/mol. The Morgan fingerprint density at radius 3 is 2.28 bits per heavy atom. The first kappa shape index (κ1) is 23.3. The van der Waals surface area contributed by atoms with Crippen LogP contribution in [0.25, 0.3) is 0 Å². The van der Waals surface area contributed by atoms with Gasteiger partial charge in [0.15, 0.2) is 0 Å². The molecule has 0 saturated heterocycles. The monoisotopic (exact) mass is 451 g/mol. The first-order valence-corrected chi connectivity index (χ1v) is 11.3. The molecule has 0 aliphatic rings. The molecular formula is C24H29N5O2S. The van der Waals surface area contributed by atoms with Gasteiger partial charge in [0, 0.05) is 42.5 Å². The summed E-state index contributed by atoms with van der Waals surface area (Å²) in [6.45, 7) is 2.27. The molecule has 0 aliphatic carbocycles. The zero-order valence-corrected chi connectivity index (χ0v) is 19.2. The summed E-state index contributed by atoms with van der Waals surface area (Å²) in [6, 6.07) is 17.0. The summed E-state index contributed by atoms with van der Waals surface area (Å²) in [5.41, 5.74) is 9.54. The molecule has 0 aliphatic heterocycles. The summed E-state index contributed by atoms with van der Waals surface area (Å²) in [5.74, 6) is -0.216. The summed E-state index contributed by atoms with van der Waals surface area (Å²) in [4.78, 5) is 29.1. The molecule has 1 heterocycles. The summed E-state index contributed by atoms with van der Waals surface area (Å²) in [7, 11) is 3.96. The van der Waals surface area contributed by atoms with Crippen molar-refractivity contribution in [3.63, 3.8) is 0 Å². The predicted octanol–water partition coefficient (Wildman–Crippen LogP) is 3.86. The highest BCUT2D eigenvalue weighted by molar-refractivity contribution is 7.09. The van der Waals surface area contributed by atoms with E-state index in [1.807, 2.05) is 61.5 Å². The van der Waals surface area contributed by atoms with E-state index >= 15 is 0 Å². The van der Waals surface area contributed by atoms with E-state index in [2.05, 4.69) is 10.6 Å². The van der Waals surface area contributed by atoms with E-state index in [9.17, 15) is 9.59 Å². The van der Waals surface area contributed by atoms with Crippen LogP contribution >= 0.6 is 11.3 Å². The van der Waals surface area contributed by atoms with Crippen molar-refractivity contribution in [1.29, 1.82) is 0 Å². The maximum atomic E-state index is 12.8. The van der Waals surface area contributed by atoms with Crippen molar-refractivity contribution in [1.82, 2.24) is 15.1 Å². The number of rotatable bonds is 9. The number of nitrogens with zero attached hydrogens (tertiary/aromatic N) is 2. The second kappa shape index (κ2) is 11.3. The summed E-state index contributed by atoms with van der Waals surface area (Å²) in [6.07, 6.45) is 0. The number of nitrogens with two attached hydrogens (primary N) is 1. The van der Waals surface area contributed by atoms with Crippen molar-refractivity contribution in [2.45, 2.75) is 13.1 Å². The molecule has 2 aromatic carbocycles. The van der Waals surface area contributed by atoms with Crippen molar-refractivity contribution >= 4 is 34.6 Å². The maximum Gasteiger partial charge on any atom is 0.318 e. The van der Waals surface area contributed by atoms with Crippen LogP contribution in [-0.2, 0) is 13.1 Å². The Morgan fingerprint density at radius 2 is 1.66 bits per heavy atom. The average Bonchev–Trinajstić information content (AvgIpc) is 3.20. The van der Waals surface area contributed by atoms with E-state index in [4.69, 9.17) is 5.73 Å². The fraction of sp³-hybridized carbons (Fsp3) is 0.250. The molecule has 168 valence electrons. The van der Waals surface area contributed by atoms with Gasteiger partial charge in [-0.3, -0.25) is 4.79 Å².